The van der Waals surface area contributed by atoms with Crippen molar-refractivity contribution in [1.82, 2.24) is 0 Å². The first-order chi connectivity index (χ1) is 20.2. The predicted molar refractivity (Wildman–Crippen MR) is 160 cm³/mol. The van der Waals surface area contributed by atoms with E-state index in [1.54, 1.807) is 24.3 Å². The number of benzene rings is 4. The summed E-state index contributed by atoms with van der Waals surface area (Å²) in [5, 5.41) is -0.168. The number of carbonyl (C=O) groups excluding carboxylic acids is 2. The van der Waals surface area contributed by atoms with E-state index in [0.717, 1.165) is 22.3 Å². The number of aryl methyl sites for hydroxylation is 1. The molecule has 0 fully saturated rings. The van der Waals surface area contributed by atoms with Gasteiger partial charge in [0.25, 0.3) is 0 Å². The van der Waals surface area contributed by atoms with Gasteiger partial charge in [-0.2, -0.15) is 8.78 Å². The van der Waals surface area contributed by atoms with Crippen LogP contribution in [0.25, 0.3) is 0 Å². The largest absolute Gasteiger partial charge is 0.451 e. The van der Waals surface area contributed by atoms with Gasteiger partial charge in [-0.15, -0.1) is 23.2 Å². The fourth-order valence-electron chi connectivity index (χ4n) is 4.43. The Bertz CT molecular complexity index is 1430. The van der Waals surface area contributed by atoms with Crippen molar-refractivity contribution in [2.45, 2.75) is 36.7 Å². The van der Waals surface area contributed by atoms with Crippen LogP contribution in [0.1, 0.15) is 60.7 Å². The highest BCUT2D eigenvalue weighted by Crippen LogP contribution is 2.26. The molecule has 218 valence electrons. The first-order valence-electron chi connectivity index (χ1n) is 13.5. The third-order valence-electron chi connectivity index (χ3n) is 6.78. The summed E-state index contributed by atoms with van der Waals surface area (Å²) in [7, 11) is 0. The number of ether oxygens (including phenoxy) is 2. The van der Waals surface area contributed by atoms with Crippen molar-refractivity contribution >= 4 is 35.1 Å². The van der Waals surface area contributed by atoms with Gasteiger partial charge in [-0.1, -0.05) is 84.9 Å². The Morgan fingerprint density at radius 3 is 1.81 bits per heavy atom. The van der Waals surface area contributed by atoms with E-state index in [4.69, 9.17) is 27.9 Å². The third-order valence-corrected chi connectivity index (χ3v) is 7.62. The van der Waals surface area contributed by atoms with E-state index in [-0.39, 0.29) is 22.4 Å². The van der Waals surface area contributed by atoms with Gasteiger partial charge in [0.05, 0.1) is 16.5 Å². The lowest BCUT2D eigenvalue weighted by molar-refractivity contribution is -0.222. The van der Waals surface area contributed by atoms with Crippen LogP contribution in [0, 0.1) is 0 Å². The Hall–Kier alpha value is -3.74. The molecule has 4 aromatic rings. The fraction of sp³-hybridized carbons (Fsp3) is 0.235. The Labute approximate surface area is 254 Å². The average molecular weight is 612 g/mol. The maximum Gasteiger partial charge on any atom is 0.435 e. The van der Waals surface area contributed by atoms with Gasteiger partial charge in [0.15, 0.2) is 6.61 Å². The highest BCUT2D eigenvalue weighted by Gasteiger charge is 2.36. The first kappa shape index (κ1) is 31.2. The minimum atomic E-state index is -4.00. The molecule has 4 nitrogen and oxygen atoms in total. The lowest BCUT2D eigenvalue weighted by atomic mass is 9.93. The summed E-state index contributed by atoms with van der Waals surface area (Å²) < 4.78 is 37.8. The Morgan fingerprint density at radius 2 is 1.24 bits per heavy atom. The van der Waals surface area contributed by atoms with Crippen LogP contribution in [0.3, 0.4) is 0 Å². The topological polar surface area (TPSA) is 52.6 Å². The van der Waals surface area contributed by atoms with Crippen LogP contribution < -0.4 is 0 Å². The van der Waals surface area contributed by atoms with Gasteiger partial charge < -0.3 is 9.47 Å². The van der Waals surface area contributed by atoms with Crippen molar-refractivity contribution in [3.05, 3.63) is 143 Å². The van der Waals surface area contributed by atoms with Gasteiger partial charge in [-0.3, -0.25) is 0 Å². The number of alkyl halides is 4. The number of hydrogen-bond acceptors (Lipinski definition) is 4. The molecule has 0 aromatic heterocycles. The quantitative estimate of drug-likeness (QED) is 0.112. The van der Waals surface area contributed by atoms with Crippen LogP contribution in [0.4, 0.5) is 8.78 Å². The summed E-state index contributed by atoms with van der Waals surface area (Å²) in [6, 6.07) is 32.2. The second-order valence-corrected chi connectivity index (χ2v) is 10.7. The molecule has 4 rings (SSSR count). The lowest BCUT2D eigenvalue weighted by Gasteiger charge is -2.17. The molecule has 0 N–H and O–H groups in total. The minimum absolute atomic E-state index is 0.0448. The van der Waals surface area contributed by atoms with Crippen LogP contribution in [0.2, 0.25) is 0 Å². The molecule has 2 unspecified atom stereocenters. The highest BCUT2D eigenvalue weighted by molar-refractivity contribution is 6.20. The van der Waals surface area contributed by atoms with Crippen molar-refractivity contribution in [2.75, 3.05) is 12.5 Å². The summed E-state index contributed by atoms with van der Waals surface area (Å²) >= 11 is 12.6. The van der Waals surface area contributed by atoms with E-state index in [1.807, 2.05) is 60.7 Å². The Kier molecular flexibility index (Phi) is 11.1. The smallest absolute Gasteiger partial charge is 0.435 e. The van der Waals surface area contributed by atoms with E-state index in [2.05, 4.69) is 4.74 Å². The van der Waals surface area contributed by atoms with Crippen LogP contribution in [0.5, 0.6) is 0 Å². The molecule has 42 heavy (non-hydrogen) atoms. The van der Waals surface area contributed by atoms with Crippen molar-refractivity contribution in [1.29, 1.82) is 0 Å². The zero-order chi connectivity index (χ0) is 30.0. The first-order valence-corrected chi connectivity index (χ1v) is 14.5. The summed E-state index contributed by atoms with van der Waals surface area (Å²) in [5.74, 6) is -1.66. The van der Waals surface area contributed by atoms with Crippen LogP contribution in [0.15, 0.2) is 109 Å². The second-order valence-electron chi connectivity index (χ2n) is 9.88. The zero-order valence-corrected chi connectivity index (χ0v) is 24.2. The van der Waals surface area contributed by atoms with Gasteiger partial charge >= 0.3 is 18.0 Å². The fourth-order valence-corrected chi connectivity index (χ4v) is 4.98. The van der Waals surface area contributed by atoms with Crippen LogP contribution >= 0.6 is 23.2 Å². The molecule has 0 aliphatic rings. The second kappa shape index (κ2) is 14.9. The minimum Gasteiger partial charge on any atom is -0.451 e. The van der Waals surface area contributed by atoms with Gasteiger partial charge in [-0.25, -0.2) is 9.59 Å². The molecule has 0 aliphatic heterocycles. The summed E-state index contributed by atoms with van der Waals surface area (Å²) in [4.78, 5) is 24.7. The zero-order valence-electron chi connectivity index (χ0n) is 22.7. The van der Waals surface area contributed by atoms with Crippen LogP contribution in [-0.4, -0.2) is 30.5 Å². The van der Waals surface area contributed by atoms with Crippen molar-refractivity contribution in [3.63, 3.8) is 0 Å². The molecule has 0 saturated heterocycles. The number of carbonyl (C=O) groups is 2. The Balaban J connectivity index is 1.24. The highest BCUT2D eigenvalue weighted by atomic mass is 35.5. The number of halogens is 4. The van der Waals surface area contributed by atoms with Gasteiger partial charge in [0, 0.05) is 11.8 Å². The number of rotatable bonds is 13. The summed E-state index contributed by atoms with van der Waals surface area (Å²) in [5.41, 5.74) is 4.01. The molecule has 0 radical (unpaired) electrons. The predicted octanol–water partition coefficient (Wildman–Crippen LogP) is 8.77. The summed E-state index contributed by atoms with van der Waals surface area (Å²) in [6.45, 7) is -1.41. The number of esters is 2. The molecular weight excluding hydrogens is 581 g/mol. The third kappa shape index (κ3) is 9.13. The monoisotopic (exact) mass is 610 g/mol. The molecule has 2 atom stereocenters. The van der Waals surface area contributed by atoms with E-state index in [0.29, 0.717) is 25.1 Å². The van der Waals surface area contributed by atoms with Crippen molar-refractivity contribution in [2.24, 2.45) is 0 Å². The average Bonchev–Trinajstić information content (AvgIpc) is 3.02. The SMILES string of the molecule is O=C(OCC(F)(F)OC(=O)c1ccc(CCC(Cl)c2ccccc2)cc1)c1ccc(CC(CCl)c2ccccc2)cc1. The van der Waals surface area contributed by atoms with E-state index in [9.17, 15) is 18.4 Å². The van der Waals surface area contributed by atoms with Crippen molar-refractivity contribution < 1.29 is 27.8 Å². The van der Waals surface area contributed by atoms with Gasteiger partial charge in [0.2, 0.25) is 0 Å². The molecular formula is C34H30Cl2F2O4. The molecule has 0 amide bonds. The van der Waals surface area contributed by atoms with E-state index < -0.39 is 24.7 Å². The Morgan fingerprint density at radius 1 is 0.714 bits per heavy atom. The standard InChI is InChI=1S/C34H30Cl2F2O4/c35-22-30(26-7-3-1-4-8-26)21-25-13-18-28(19-14-25)32(39)41-23-34(37,38)42-33(40)29-16-11-24(12-17-29)15-20-31(36)27-9-5-2-6-10-27/h1-14,16-19,30-31H,15,20-23H2. The maximum absolute atomic E-state index is 14.3. The van der Waals surface area contributed by atoms with E-state index >= 15 is 0 Å². The van der Waals surface area contributed by atoms with E-state index in [1.165, 1.54) is 24.3 Å². The molecule has 4 aromatic carbocycles. The molecule has 0 saturated carbocycles. The van der Waals surface area contributed by atoms with Crippen LogP contribution in [-0.2, 0) is 22.3 Å². The molecule has 8 heteroatoms. The maximum atomic E-state index is 14.3. The van der Waals surface area contributed by atoms with Gasteiger partial charge in [-0.05, 0) is 65.8 Å². The molecule has 0 bridgehead atoms. The molecule has 0 heterocycles. The summed E-state index contributed by atoms with van der Waals surface area (Å²) in [6.07, 6.45) is -2.04. The molecule has 0 aliphatic carbocycles. The normalized spacial score (nSPS) is 12.8. The lowest BCUT2D eigenvalue weighted by Crippen LogP contribution is -2.31. The van der Waals surface area contributed by atoms with Crippen molar-refractivity contribution in [3.8, 4) is 0 Å². The molecule has 0 spiro atoms. The van der Waals surface area contributed by atoms with Gasteiger partial charge in [0.1, 0.15) is 0 Å². The number of hydrogen-bond donors (Lipinski definition) is 0.